The highest BCUT2D eigenvalue weighted by molar-refractivity contribution is 8.00. The van der Waals surface area contributed by atoms with Crippen LogP contribution in [0.2, 0.25) is 0 Å². The van der Waals surface area contributed by atoms with Crippen LogP contribution in [0.4, 0.5) is 17.6 Å². The lowest BCUT2D eigenvalue weighted by Gasteiger charge is -2.10. The molecule has 0 heterocycles. The summed E-state index contributed by atoms with van der Waals surface area (Å²) in [6.07, 6.45) is 0. The van der Waals surface area contributed by atoms with E-state index in [1.54, 1.807) is 0 Å². The molecule has 0 N–H and O–H groups in total. The number of benzene rings is 1. The van der Waals surface area contributed by atoms with E-state index < -0.39 is 23.1 Å². The lowest BCUT2D eigenvalue weighted by atomic mass is 10.1. The van der Waals surface area contributed by atoms with E-state index >= 15 is 0 Å². The van der Waals surface area contributed by atoms with Crippen molar-refractivity contribution in [1.29, 1.82) is 0 Å². The van der Waals surface area contributed by atoms with Gasteiger partial charge < -0.3 is 0 Å². The molecule has 0 aliphatic rings. The second kappa shape index (κ2) is 3.81. The molecule has 0 spiro atoms. The van der Waals surface area contributed by atoms with Crippen LogP contribution in [-0.4, -0.2) is 5.51 Å². The lowest BCUT2D eigenvalue weighted by molar-refractivity contribution is -0.0329. The maximum absolute atomic E-state index is 13.3. The minimum absolute atomic E-state index is 0.224. The molecule has 0 amide bonds. The summed E-state index contributed by atoms with van der Waals surface area (Å²) in [4.78, 5) is -0.336. The maximum Gasteiger partial charge on any atom is 0.446 e. The highest BCUT2D eigenvalue weighted by atomic mass is 32.2. The SMILES string of the molecule is Cc1ccc(C)c(SC(F)(F)F)c1F. The number of hydrogen-bond acceptors (Lipinski definition) is 1. The Hall–Kier alpha value is -0.710. The van der Waals surface area contributed by atoms with Gasteiger partial charge in [-0.15, -0.1) is 0 Å². The molecule has 78 valence electrons. The van der Waals surface area contributed by atoms with Gasteiger partial charge in [0.2, 0.25) is 0 Å². The van der Waals surface area contributed by atoms with Crippen LogP contribution in [0.5, 0.6) is 0 Å². The number of halogens is 4. The zero-order valence-corrected chi connectivity index (χ0v) is 8.39. The van der Waals surface area contributed by atoms with Crippen LogP contribution in [0.15, 0.2) is 17.0 Å². The molecular formula is C9H8F4S. The molecule has 14 heavy (non-hydrogen) atoms. The first-order chi connectivity index (χ1) is 6.31. The highest BCUT2D eigenvalue weighted by Gasteiger charge is 2.31. The number of hydrogen-bond donors (Lipinski definition) is 0. The third kappa shape index (κ3) is 2.64. The zero-order valence-electron chi connectivity index (χ0n) is 7.57. The third-order valence-electron chi connectivity index (χ3n) is 1.70. The van der Waals surface area contributed by atoms with Crippen LogP contribution in [-0.2, 0) is 0 Å². The maximum atomic E-state index is 13.3. The lowest BCUT2D eigenvalue weighted by Crippen LogP contribution is -2.02. The van der Waals surface area contributed by atoms with Crippen molar-refractivity contribution in [3.05, 3.63) is 29.1 Å². The predicted octanol–water partition coefficient (Wildman–Crippen LogP) is 4.05. The fourth-order valence-corrected chi connectivity index (χ4v) is 1.70. The summed E-state index contributed by atoms with van der Waals surface area (Å²) in [5.74, 6) is -0.785. The van der Waals surface area contributed by atoms with E-state index in [4.69, 9.17) is 0 Å². The molecule has 0 atom stereocenters. The van der Waals surface area contributed by atoms with Crippen molar-refractivity contribution in [3.8, 4) is 0 Å². The zero-order chi connectivity index (χ0) is 10.9. The van der Waals surface area contributed by atoms with Crippen molar-refractivity contribution in [1.82, 2.24) is 0 Å². The average molecular weight is 224 g/mol. The standard InChI is InChI=1S/C9H8F4S/c1-5-3-4-6(2)8(7(5)10)14-9(11,12)13/h3-4H,1-2H3. The Morgan fingerprint density at radius 3 is 2.07 bits per heavy atom. The smallest absolute Gasteiger partial charge is 0.205 e. The van der Waals surface area contributed by atoms with E-state index in [1.165, 1.54) is 26.0 Å². The van der Waals surface area contributed by atoms with Gasteiger partial charge in [0.05, 0.1) is 4.90 Å². The summed E-state index contributed by atoms with van der Waals surface area (Å²) >= 11 is -0.407. The van der Waals surface area contributed by atoms with Crippen molar-refractivity contribution >= 4 is 11.8 Å². The van der Waals surface area contributed by atoms with E-state index in [1.807, 2.05) is 0 Å². The molecule has 0 bridgehead atoms. The molecule has 0 nitrogen and oxygen atoms in total. The Morgan fingerprint density at radius 2 is 1.57 bits per heavy atom. The number of alkyl halides is 3. The molecule has 1 rings (SSSR count). The largest absolute Gasteiger partial charge is 0.446 e. The van der Waals surface area contributed by atoms with Crippen LogP contribution in [0, 0.1) is 19.7 Å². The fourth-order valence-electron chi connectivity index (χ4n) is 0.992. The molecule has 1 aromatic carbocycles. The summed E-state index contributed by atoms with van der Waals surface area (Å²) in [5, 5.41) is 0. The predicted molar refractivity (Wildman–Crippen MR) is 47.8 cm³/mol. The van der Waals surface area contributed by atoms with E-state index in [2.05, 4.69) is 0 Å². The number of rotatable bonds is 1. The first kappa shape index (κ1) is 11.4. The summed E-state index contributed by atoms with van der Waals surface area (Å²) in [5.41, 5.74) is -3.92. The molecule has 0 aromatic heterocycles. The van der Waals surface area contributed by atoms with E-state index in [-0.39, 0.29) is 10.5 Å². The van der Waals surface area contributed by atoms with E-state index in [0.29, 0.717) is 5.56 Å². The Bertz CT molecular complexity index is 343. The number of aryl methyl sites for hydroxylation is 2. The van der Waals surface area contributed by atoms with Gasteiger partial charge in [0, 0.05) is 0 Å². The molecule has 1 aromatic rings. The Labute approximate surface area is 83.3 Å². The van der Waals surface area contributed by atoms with Crippen molar-refractivity contribution in [3.63, 3.8) is 0 Å². The Kier molecular flexibility index (Phi) is 3.09. The third-order valence-corrected chi connectivity index (χ3v) is 2.64. The van der Waals surface area contributed by atoms with Gasteiger partial charge in [-0.2, -0.15) is 13.2 Å². The van der Waals surface area contributed by atoms with Crippen LogP contribution < -0.4 is 0 Å². The van der Waals surface area contributed by atoms with Gasteiger partial charge in [-0.05, 0) is 36.7 Å². The molecule has 0 fully saturated rings. The monoisotopic (exact) mass is 224 g/mol. The minimum Gasteiger partial charge on any atom is -0.205 e. The van der Waals surface area contributed by atoms with Crippen molar-refractivity contribution in [2.24, 2.45) is 0 Å². The molecule has 0 saturated carbocycles. The Morgan fingerprint density at radius 1 is 1.07 bits per heavy atom. The molecule has 0 radical (unpaired) electrons. The molecule has 0 aliphatic heterocycles. The van der Waals surface area contributed by atoms with Gasteiger partial charge in [-0.1, -0.05) is 12.1 Å². The molecule has 0 unspecified atom stereocenters. The first-order valence-corrected chi connectivity index (χ1v) is 4.64. The van der Waals surface area contributed by atoms with Gasteiger partial charge in [-0.25, -0.2) is 4.39 Å². The van der Waals surface area contributed by atoms with Crippen LogP contribution in [0.1, 0.15) is 11.1 Å². The molecule has 0 aliphatic carbocycles. The van der Waals surface area contributed by atoms with Gasteiger partial charge in [0.1, 0.15) is 5.82 Å². The van der Waals surface area contributed by atoms with Gasteiger partial charge in [0.15, 0.2) is 0 Å². The molecular weight excluding hydrogens is 216 g/mol. The second-order valence-corrected chi connectivity index (χ2v) is 3.97. The first-order valence-electron chi connectivity index (χ1n) is 3.82. The molecule has 0 saturated heterocycles. The summed E-state index contributed by atoms with van der Waals surface area (Å²) in [6.45, 7) is 2.89. The highest BCUT2D eigenvalue weighted by Crippen LogP contribution is 2.40. The van der Waals surface area contributed by atoms with Crippen molar-refractivity contribution < 1.29 is 17.6 Å². The van der Waals surface area contributed by atoms with Crippen molar-refractivity contribution in [2.75, 3.05) is 0 Å². The van der Waals surface area contributed by atoms with Gasteiger partial charge in [-0.3, -0.25) is 0 Å². The van der Waals surface area contributed by atoms with Gasteiger partial charge in [0.25, 0.3) is 0 Å². The van der Waals surface area contributed by atoms with Crippen LogP contribution in [0.3, 0.4) is 0 Å². The fraction of sp³-hybridized carbons (Fsp3) is 0.333. The quantitative estimate of drug-likeness (QED) is 0.512. The average Bonchev–Trinajstić information content (AvgIpc) is 2.04. The molecule has 5 heteroatoms. The summed E-state index contributed by atoms with van der Waals surface area (Å²) in [6, 6.07) is 2.94. The minimum atomic E-state index is -4.45. The number of thioether (sulfide) groups is 1. The normalized spacial score (nSPS) is 11.9. The second-order valence-electron chi connectivity index (χ2n) is 2.89. The van der Waals surface area contributed by atoms with Gasteiger partial charge >= 0.3 is 5.51 Å². The summed E-state index contributed by atoms with van der Waals surface area (Å²) in [7, 11) is 0. The van der Waals surface area contributed by atoms with E-state index in [0.717, 1.165) is 0 Å². The summed E-state index contributed by atoms with van der Waals surface area (Å²) < 4.78 is 49.4. The topological polar surface area (TPSA) is 0 Å². The van der Waals surface area contributed by atoms with Crippen molar-refractivity contribution in [2.45, 2.75) is 24.3 Å². The van der Waals surface area contributed by atoms with Crippen LogP contribution in [0.25, 0.3) is 0 Å². The van der Waals surface area contributed by atoms with Crippen LogP contribution >= 0.6 is 11.8 Å². The Balaban J connectivity index is 3.13. The van der Waals surface area contributed by atoms with E-state index in [9.17, 15) is 17.6 Å².